The molecule has 2 aromatic rings. The zero-order chi connectivity index (χ0) is 14.2. The molecule has 0 spiro atoms. The van der Waals surface area contributed by atoms with Gasteiger partial charge in [-0.1, -0.05) is 36.7 Å². The minimum Gasteiger partial charge on any atom is -0.495 e. The van der Waals surface area contributed by atoms with Crippen LogP contribution in [0.1, 0.15) is 26.5 Å². The van der Waals surface area contributed by atoms with Crippen molar-refractivity contribution in [3.05, 3.63) is 39.3 Å². The van der Waals surface area contributed by atoms with Gasteiger partial charge in [-0.3, -0.25) is 4.57 Å². The first kappa shape index (κ1) is 14.3. The Hall–Kier alpha value is -1.07. The normalized spacial score (nSPS) is 11.6. The SMILES string of the molecule is COc1ccc(Br)cc1-n1c(C(C)(C)C)c[nH]c1=S. The van der Waals surface area contributed by atoms with E-state index in [2.05, 4.69) is 41.7 Å². The molecule has 2 rings (SSSR count). The Balaban J connectivity index is 2.76. The number of halogens is 1. The van der Waals surface area contributed by atoms with Crippen molar-refractivity contribution in [2.75, 3.05) is 7.11 Å². The summed E-state index contributed by atoms with van der Waals surface area (Å²) in [4.78, 5) is 3.12. The minimum atomic E-state index is -0.0130. The molecular formula is C14H17BrN2OS. The molecule has 5 heteroatoms. The van der Waals surface area contributed by atoms with E-state index in [0.29, 0.717) is 4.77 Å². The number of hydrogen-bond acceptors (Lipinski definition) is 2. The van der Waals surface area contributed by atoms with Crippen LogP contribution in [0, 0.1) is 4.77 Å². The quantitative estimate of drug-likeness (QED) is 0.809. The third kappa shape index (κ3) is 2.77. The Kier molecular flexibility index (Phi) is 3.87. The molecule has 1 heterocycles. The predicted molar refractivity (Wildman–Crippen MR) is 83.9 cm³/mol. The fraction of sp³-hybridized carbons (Fsp3) is 0.357. The highest BCUT2D eigenvalue weighted by atomic mass is 79.9. The number of nitrogens with zero attached hydrogens (tertiary/aromatic N) is 1. The van der Waals surface area contributed by atoms with Crippen LogP contribution in [0.3, 0.4) is 0 Å². The molecule has 0 aliphatic heterocycles. The lowest BCUT2D eigenvalue weighted by Crippen LogP contribution is -2.17. The van der Waals surface area contributed by atoms with Crippen LogP contribution in [0.5, 0.6) is 5.75 Å². The number of H-pyrrole nitrogens is 1. The summed E-state index contributed by atoms with van der Waals surface area (Å²) < 4.78 is 9.13. The summed E-state index contributed by atoms with van der Waals surface area (Å²) in [7, 11) is 1.67. The number of aromatic amines is 1. The molecular weight excluding hydrogens is 324 g/mol. The van der Waals surface area contributed by atoms with Gasteiger partial charge < -0.3 is 9.72 Å². The Morgan fingerprint density at radius 1 is 1.32 bits per heavy atom. The van der Waals surface area contributed by atoms with Gasteiger partial charge in [0, 0.05) is 21.8 Å². The van der Waals surface area contributed by atoms with Crippen LogP contribution in [0.4, 0.5) is 0 Å². The molecule has 0 aliphatic carbocycles. The molecule has 0 unspecified atom stereocenters. The molecule has 0 bridgehead atoms. The molecule has 1 aromatic heterocycles. The highest BCUT2D eigenvalue weighted by molar-refractivity contribution is 9.10. The first-order chi connectivity index (χ1) is 8.84. The van der Waals surface area contributed by atoms with Crippen molar-refractivity contribution in [2.24, 2.45) is 0 Å². The fourth-order valence-electron chi connectivity index (χ4n) is 2.00. The molecule has 1 N–H and O–H groups in total. The van der Waals surface area contributed by atoms with Gasteiger partial charge in [0.15, 0.2) is 4.77 Å². The van der Waals surface area contributed by atoms with Gasteiger partial charge >= 0.3 is 0 Å². The third-order valence-electron chi connectivity index (χ3n) is 2.93. The van der Waals surface area contributed by atoms with Gasteiger partial charge in [-0.2, -0.15) is 0 Å². The van der Waals surface area contributed by atoms with Crippen LogP contribution in [0.15, 0.2) is 28.9 Å². The number of hydrogen-bond donors (Lipinski definition) is 1. The number of aromatic nitrogens is 2. The van der Waals surface area contributed by atoms with Crippen molar-refractivity contribution in [3.63, 3.8) is 0 Å². The largest absolute Gasteiger partial charge is 0.495 e. The van der Waals surface area contributed by atoms with Crippen LogP contribution in [0.25, 0.3) is 5.69 Å². The Morgan fingerprint density at radius 3 is 2.58 bits per heavy atom. The van der Waals surface area contributed by atoms with E-state index in [1.54, 1.807) is 7.11 Å². The van der Waals surface area contributed by atoms with E-state index < -0.39 is 0 Å². The summed E-state index contributed by atoms with van der Waals surface area (Å²) in [6.07, 6.45) is 1.96. The van der Waals surface area contributed by atoms with Crippen molar-refractivity contribution >= 4 is 28.1 Å². The Labute approximate surface area is 126 Å². The van der Waals surface area contributed by atoms with Crippen molar-refractivity contribution in [2.45, 2.75) is 26.2 Å². The zero-order valence-corrected chi connectivity index (χ0v) is 13.9. The molecule has 0 atom stereocenters. The number of methoxy groups -OCH3 is 1. The molecule has 0 radical (unpaired) electrons. The average Bonchev–Trinajstić information content (AvgIpc) is 2.70. The second kappa shape index (κ2) is 5.13. The number of nitrogens with one attached hydrogen (secondary N) is 1. The molecule has 19 heavy (non-hydrogen) atoms. The standard InChI is InChI=1S/C14H17BrN2OS/c1-14(2,3)12-8-16-13(19)17(12)10-7-9(15)5-6-11(10)18-4/h5-8H,1-4H3,(H,16,19). The first-order valence-corrected chi connectivity index (χ1v) is 7.19. The van der Waals surface area contributed by atoms with Gasteiger partial charge in [0.05, 0.1) is 12.8 Å². The van der Waals surface area contributed by atoms with E-state index in [0.717, 1.165) is 21.6 Å². The maximum Gasteiger partial charge on any atom is 0.182 e. The topological polar surface area (TPSA) is 29.9 Å². The smallest absolute Gasteiger partial charge is 0.182 e. The number of ether oxygens (including phenoxy) is 1. The molecule has 102 valence electrons. The number of benzene rings is 1. The summed E-state index contributed by atoms with van der Waals surface area (Å²) >= 11 is 8.91. The summed E-state index contributed by atoms with van der Waals surface area (Å²) in [6, 6.07) is 5.90. The molecule has 1 aromatic carbocycles. The third-order valence-corrected chi connectivity index (χ3v) is 3.72. The van der Waals surface area contributed by atoms with E-state index >= 15 is 0 Å². The van der Waals surface area contributed by atoms with E-state index in [4.69, 9.17) is 17.0 Å². The highest BCUT2D eigenvalue weighted by Crippen LogP contribution is 2.32. The second-order valence-corrected chi connectivity index (χ2v) is 6.68. The fourth-order valence-corrected chi connectivity index (χ4v) is 2.60. The van der Waals surface area contributed by atoms with E-state index in [1.807, 2.05) is 29.0 Å². The lowest BCUT2D eigenvalue weighted by Gasteiger charge is -2.22. The number of rotatable bonds is 2. The average molecular weight is 341 g/mol. The maximum atomic E-state index is 5.44. The van der Waals surface area contributed by atoms with E-state index in [-0.39, 0.29) is 5.41 Å². The Bertz CT molecular complexity index is 652. The zero-order valence-electron chi connectivity index (χ0n) is 11.5. The van der Waals surface area contributed by atoms with Gasteiger partial charge in [-0.15, -0.1) is 0 Å². The highest BCUT2D eigenvalue weighted by Gasteiger charge is 2.21. The second-order valence-electron chi connectivity index (χ2n) is 5.38. The molecule has 0 amide bonds. The summed E-state index contributed by atoms with van der Waals surface area (Å²) in [5.74, 6) is 0.796. The van der Waals surface area contributed by atoms with Gasteiger partial charge in [0.2, 0.25) is 0 Å². The molecule has 0 saturated heterocycles. The Morgan fingerprint density at radius 2 is 2.00 bits per heavy atom. The molecule has 0 fully saturated rings. The van der Waals surface area contributed by atoms with E-state index in [1.165, 1.54) is 0 Å². The maximum absolute atomic E-state index is 5.44. The van der Waals surface area contributed by atoms with Gasteiger partial charge in [0.1, 0.15) is 5.75 Å². The van der Waals surface area contributed by atoms with E-state index in [9.17, 15) is 0 Å². The van der Waals surface area contributed by atoms with Gasteiger partial charge in [-0.05, 0) is 30.4 Å². The van der Waals surface area contributed by atoms with Gasteiger partial charge in [-0.25, -0.2) is 0 Å². The lowest BCUT2D eigenvalue weighted by molar-refractivity contribution is 0.411. The number of imidazole rings is 1. The van der Waals surface area contributed by atoms with Crippen molar-refractivity contribution in [1.82, 2.24) is 9.55 Å². The molecule has 0 aliphatic rings. The lowest BCUT2D eigenvalue weighted by atomic mass is 9.92. The van der Waals surface area contributed by atoms with Crippen LogP contribution in [0.2, 0.25) is 0 Å². The van der Waals surface area contributed by atoms with Crippen molar-refractivity contribution < 1.29 is 4.74 Å². The summed E-state index contributed by atoms with van der Waals surface area (Å²) in [5, 5.41) is 0. The van der Waals surface area contributed by atoms with Crippen molar-refractivity contribution in [1.29, 1.82) is 0 Å². The van der Waals surface area contributed by atoms with Crippen LogP contribution in [-0.4, -0.2) is 16.7 Å². The van der Waals surface area contributed by atoms with Crippen LogP contribution in [-0.2, 0) is 5.41 Å². The summed E-state index contributed by atoms with van der Waals surface area (Å²) in [6.45, 7) is 6.48. The monoisotopic (exact) mass is 340 g/mol. The molecule has 0 saturated carbocycles. The molecule has 3 nitrogen and oxygen atoms in total. The van der Waals surface area contributed by atoms with Crippen molar-refractivity contribution in [3.8, 4) is 11.4 Å². The first-order valence-electron chi connectivity index (χ1n) is 5.99. The van der Waals surface area contributed by atoms with Crippen LogP contribution < -0.4 is 4.74 Å². The summed E-state index contributed by atoms with van der Waals surface area (Å²) in [5.41, 5.74) is 2.04. The predicted octanol–water partition coefficient (Wildman–Crippen LogP) is 4.60. The van der Waals surface area contributed by atoms with Gasteiger partial charge in [0.25, 0.3) is 0 Å². The van der Waals surface area contributed by atoms with Crippen LogP contribution >= 0.6 is 28.1 Å². The minimum absolute atomic E-state index is 0.0130.